The van der Waals surface area contributed by atoms with Gasteiger partial charge in [0.2, 0.25) is 5.78 Å². The highest BCUT2D eigenvalue weighted by Gasteiger charge is 2.31. The number of amides is 1. The van der Waals surface area contributed by atoms with Crippen LogP contribution in [-0.4, -0.2) is 47.2 Å². The fourth-order valence-corrected chi connectivity index (χ4v) is 6.81. The molecule has 256 valence electrons. The van der Waals surface area contributed by atoms with E-state index < -0.39 is 5.97 Å². The van der Waals surface area contributed by atoms with Crippen LogP contribution < -0.4 is 5.73 Å². The average Bonchev–Trinajstić information content (AvgIpc) is 3.49. The van der Waals surface area contributed by atoms with Crippen LogP contribution >= 0.6 is 0 Å². The van der Waals surface area contributed by atoms with Gasteiger partial charge in [-0.15, -0.1) is 0 Å². The Balaban J connectivity index is 1.69. The van der Waals surface area contributed by atoms with Gasteiger partial charge in [0.1, 0.15) is 6.54 Å². The first-order valence-electron chi connectivity index (χ1n) is 17.7. The molecule has 0 saturated heterocycles. The van der Waals surface area contributed by atoms with Crippen LogP contribution in [0.25, 0.3) is 5.52 Å². The van der Waals surface area contributed by atoms with Gasteiger partial charge in [-0.2, -0.15) is 0 Å². The summed E-state index contributed by atoms with van der Waals surface area (Å²) in [6.45, 7) is 7.35. The summed E-state index contributed by atoms with van der Waals surface area (Å²) in [7, 11) is 1.32. The third-order valence-corrected chi connectivity index (χ3v) is 9.56. The summed E-state index contributed by atoms with van der Waals surface area (Å²) in [5, 5.41) is 0. The molecule has 0 aliphatic carbocycles. The van der Waals surface area contributed by atoms with Crippen LogP contribution in [0.2, 0.25) is 0 Å². The number of fused-ring (bicyclic) bond motifs is 1. The van der Waals surface area contributed by atoms with Crippen LogP contribution in [-0.2, 0) is 27.9 Å². The fraction of sp³-hybridized carbons (Fsp3) is 0.439. The van der Waals surface area contributed by atoms with Crippen LogP contribution in [0.5, 0.6) is 0 Å². The van der Waals surface area contributed by atoms with E-state index in [1.54, 1.807) is 12.3 Å². The van der Waals surface area contributed by atoms with Crippen molar-refractivity contribution in [2.75, 3.05) is 20.2 Å². The highest BCUT2D eigenvalue weighted by atomic mass is 16.5. The number of aryl methyl sites for hydroxylation is 1. The highest BCUT2D eigenvalue weighted by molar-refractivity contribution is 6.10. The van der Waals surface area contributed by atoms with Gasteiger partial charge in [0, 0.05) is 29.4 Å². The molecule has 0 aliphatic heterocycles. The molecule has 0 fully saturated rings. The number of ketones is 1. The molecule has 2 N–H and O–H groups in total. The number of esters is 1. The number of hydrogen-bond donors (Lipinski definition) is 1. The maximum absolute atomic E-state index is 14.3. The van der Waals surface area contributed by atoms with Crippen LogP contribution in [0.15, 0.2) is 79.0 Å². The number of pyridine rings is 1. The zero-order valence-corrected chi connectivity index (χ0v) is 29.3. The van der Waals surface area contributed by atoms with Crippen molar-refractivity contribution < 1.29 is 19.1 Å². The second kappa shape index (κ2) is 17.8. The molecular formula is C41H53N3O4. The summed E-state index contributed by atoms with van der Waals surface area (Å²) in [5.74, 6) is -0.798. The molecule has 0 unspecified atom stereocenters. The van der Waals surface area contributed by atoms with Gasteiger partial charge in [-0.25, -0.2) is 0 Å². The first-order chi connectivity index (χ1) is 23.3. The minimum Gasteiger partial charge on any atom is -0.468 e. The smallest absolute Gasteiger partial charge is 0.325 e. The third kappa shape index (κ3) is 8.81. The van der Waals surface area contributed by atoms with Crippen molar-refractivity contribution in [1.29, 1.82) is 0 Å². The maximum atomic E-state index is 14.3. The van der Waals surface area contributed by atoms with E-state index in [0.717, 1.165) is 80.9 Å². The van der Waals surface area contributed by atoms with Gasteiger partial charge in [-0.3, -0.25) is 14.4 Å². The van der Waals surface area contributed by atoms with E-state index in [9.17, 15) is 14.4 Å². The second-order valence-electron chi connectivity index (χ2n) is 13.0. The number of rotatable bonds is 19. The van der Waals surface area contributed by atoms with Crippen LogP contribution in [0.4, 0.5) is 0 Å². The Hall–Kier alpha value is -4.23. The number of aromatic nitrogens is 1. The number of methoxy groups -OCH3 is 1. The Bertz CT molecular complexity index is 1630. The van der Waals surface area contributed by atoms with Gasteiger partial charge >= 0.3 is 5.97 Å². The van der Waals surface area contributed by atoms with Crippen molar-refractivity contribution in [3.8, 4) is 0 Å². The molecule has 48 heavy (non-hydrogen) atoms. The zero-order valence-electron chi connectivity index (χ0n) is 29.3. The molecule has 0 bridgehead atoms. The normalized spacial score (nSPS) is 11.5. The van der Waals surface area contributed by atoms with E-state index in [2.05, 4.69) is 32.9 Å². The van der Waals surface area contributed by atoms with Crippen LogP contribution in [0.1, 0.15) is 122 Å². The number of ether oxygens (including phenoxy) is 1. The number of carbonyl (C=O) groups excluding carboxylic acids is 3. The molecular weight excluding hydrogens is 598 g/mol. The molecule has 7 heteroatoms. The van der Waals surface area contributed by atoms with Crippen molar-refractivity contribution in [3.05, 3.63) is 113 Å². The lowest BCUT2D eigenvalue weighted by molar-refractivity contribution is -0.141. The summed E-state index contributed by atoms with van der Waals surface area (Å²) in [5.41, 5.74) is 11.8. The molecule has 4 rings (SSSR count). The fourth-order valence-electron chi connectivity index (χ4n) is 6.81. The number of nitrogens with two attached hydrogens (primary N) is 1. The number of hydrogen-bond acceptors (Lipinski definition) is 5. The lowest BCUT2D eigenvalue weighted by Gasteiger charge is -2.35. The highest BCUT2D eigenvalue weighted by Crippen LogP contribution is 2.39. The summed E-state index contributed by atoms with van der Waals surface area (Å²) in [6.07, 6.45) is 12.2. The number of carbonyl (C=O) groups is 3. The van der Waals surface area contributed by atoms with E-state index in [0.29, 0.717) is 23.4 Å². The van der Waals surface area contributed by atoms with E-state index in [1.165, 1.54) is 17.6 Å². The largest absolute Gasteiger partial charge is 0.468 e. The summed E-state index contributed by atoms with van der Waals surface area (Å²) < 4.78 is 6.80. The third-order valence-electron chi connectivity index (χ3n) is 9.56. The zero-order chi connectivity index (χ0) is 34.5. The van der Waals surface area contributed by atoms with Crippen molar-refractivity contribution in [2.45, 2.75) is 96.9 Å². The minimum atomic E-state index is -0.486. The molecule has 4 aromatic rings. The topological polar surface area (TPSA) is 94.1 Å². The molecule has 0 spiro atoms. The Kier molecular flexibility index (Phi) is 13.6. The number of nitrogens with zero attached hydrogens (tertiary/aromatic N) is 2. The molecule has 0 saturated carbocycles. The maximum Gasteiger partial charge on any atom is 0.325 e. The summed E-state index contributed by atoms with van der Waals surface area (Å²) in [6, 6.07) is 23.4. The first kappa shape index (κ1) is 36.6. The van der Waals surface area contributed by atoms with E-state index in [1.807, 2.05) is 59.0 Å². The van der Waals surface area contributed by atoms with Gasteiger partial charge in [-0.1, -0.05) is 107 Å². The molecule has 7 nitrogen and oxygen atoms in total. The molecule has 0 atom stereocenters. The molecule has 2 aromatic carbocycles. The Morgan fingerprint density at radius 1 is 0.812 bits per heavy atom. The standard InChI is InChI=1S/C41H53N3O4/c1-5-8-16-33-27-36-28-34(40(47)43(30-37(45)48-4)29-31-14-12-11-13-15-31)21-26-44(36)38(33)39(46)32-17-19-35(20-18-32)41(24-25-42,22-9-6-2)23-10-7-3/h11-15,17-21,26-28H,5-10,16,22-25,29-30,42H2,1-4H3. The van der Waals surface area contributed by atoms with E-state index >= 15 is 0 Å². The monoisotopic (exact) mass is 651 g/mol. The lowest BCUT2D eigenvalue weighted by atomic mass is 9.70. The van der Waals surface area contributed by atoms with Gasteiger partial charge < -0.3 is 19.8 Å². The van der Waals surface area contributed by atoms with Crippen molar-refractivity contribution in [3.63, 3.8) is 0 Å². The quantitative estimate of drug-likeness (QED) is 0.0813. The summed E-state index contributed by atoms with van der Waals surface area (Å²) >= 11 is 0. The van der Waals surface area contributed by atoms with Gasteiger partial charge in [0.05, 0.1) is 12.8 Å². The predicted molar refractivity (Wildman–Crippen MR) is 193 cm³/mol. The minimum absolute atomic E-state index is 0.0294. The van der Waals surface area contributed by atoms with Gasteiger partial charge in [-0.05, 0) is 79.0 Å². The summed E-state index contributed by atoms with van der Waals surface area (Å²) in [4.78, 5) is 41.8. The van der Waals surface area contributed by atoms with Gasteiger partial charge in [0.25, 0.3) is 5.91 Å². The molecule has 1 amide bonds. The van der Waals surface area contributed by atoms with Crippen LogP contribution in [0, 0.1) is 0 Å². The molecule has 0 aliphatic rings. The first-order valence-corrected chi connectivity index (χ1v) is 17.7. The average molecular weight is 652 g/mol. The van der Waals surface area contributed by atoms with Crippen molar-refractivity contribution >= 4 is 23.2 Å². The van der Waals surface area contributed by atoms with E-state index in [4.69, 9.17) is 10.5 Å². The lowest BCUT2D eigenvalue weighted by Crippen LogP contribution is -2.35. The Morgan fingerprint density at radius 3 is 2.08 bits per heavy atom. The van der Waals surface area contributed by atoms with Crippen LogP contribution in [0.3, 0.4) is 0 Å². The molecule has 2 aromatic heterocycles. The predicted octanol–water partition coefficient (Wildman–Crippen LogP) is 8.30. The number of benzene rings is 2. The second-order valence-corrected chi connectivity index (χ2v) is 13.0. The SMILES string of the molecule is CCCCc1cc2cc(C(=O)N(CC(=O)OC)Cc3ccccc3)ccn2c1C(=O)c1ccc(C(CCN)(CCCC)CCCC)cc1. The Labute approximate surface area is 286 Å². The molecule has 2 heterocycles. The van der Waals surface area contributed by atoms with Crippen molar-refractivity contribution in [1.82, 2.24) is 9.30 Å². The van der Waals surface area contributed by atoms with Crippen molar-refractivity contribution in [2.24, 2.45) is 5.73 Å². The number of unbranched alkanes of at least 4 members (excludes halogenated alkanes) is 3. The Morgan fingerprint density at radius 2 is 1.48 bits per heavy atom. The van der Waals surface area contributed by atoms with E-state index in [-0.39, 0.29) is 30.2 Å². The van der Waals surface area contributed by atoms with Gasteiger partial charge in [0.15, 0.2) is 0 Å². The molecule has 0 radical (unpaired) electrons.